The van der Waals surface area contributed by atoms with Crippen molar-refractivity contribution in [2.75, 3.05) is 0 Å². The van der Waals surface area contributed by atoms with Crippen LogP contribution in [0.1, 0.15) is 0 Å². The first-order valence-corrected chi connectivity index (χ1v) is 16.3. The van der Waals surface area contributed by atoms with Gasteiger partial charge >= 0.3 is 0 Å². The van der Waals surface area contributed by atoms with Gasteiger partial charge in [0, 0.05) is 15.2 Å². The summed E-state index contributed by atoms with van der Waals surface area (Å²) in [6.07, 6.45) is 0. The summed E-state index contributed by atoms with van der Waals surface area (Å²) < 4.78 is 0. The molecule has 9 aromatic rings. The minimum atomic E-state index is 1.24. The van der Waals surface area contributed by atoms with E-state index in [-0.39, 0.29) is 0 Å². The van der Waals surface area contributed by atoms with Crippen molar-refractivity contribution in [2.24, 2.45) is 0 Å². The number of hydrogen-bond donors (Lipinski definition) is 0. The fraction of sp³-hybridized carbons (Fsp3) is 0. The molecule has 0 spiro atoms. The molecule has 0 saturated carbocycles. The molecule has 0 N–H and O–H groups in total. The molecule has 0 unspecified atom stereocenters. The van der Waals surface area contributed by atoms with E-state index in [1.807, 2.05) is 11.8 Å². The largest absolute Gasteiger partial charge is 0.0888 e. The van der Waals surface area contributed by atoms with Gasteiger partial charge < -0.3 is 0 Å². The van der Waals surface area contributed by atoms with Gasteiger partial charge in [-0.3, -0.25) is 0 Å². The Kier molecular flexibility index (Phi) is 5.31. The average Bonchev–Trinajstić information content (AvgIpc) is 3.11. The van der Waals surface area contributed by atoms with Crippen LogP contribution >= 0.6 is 11.8 Å². The van der Waals surface area contributed by atoms with Gasteiger partial charge in [-0.05, 0) is 100 Å². The zero-order chi connectivity index (χ0) is 29.5. The Hall–Kier alpha value is -5.37. The first kappa shape index (κ1) is 25.0. The van der Waals surface area contributed by atoms with Gasteiger partial charge in [-0.25, -0.2) is 0 Å². The van der Waals surface area contributed by atoms with Crippen LogP contribution in [0.5, 0.6) is 0 Å². The fourth-order valence-corrected chi connectivity index (χ4v) is 8.74. The Morgan fingerprint density at radius 2 is 0.822 bits per heavy atom. The van der Waals surface area contributed by atoms with Crippen molar-refractivity contribution >= 4 is 54.9 Å². The average molecular weight is 587 g/mol. The fourth-order valence-electron chi connectivity index (χ4n) is 7.61. The minimum Gasteiger partial charge on any atom is -0.0888 e. The SMILES string of the molecule is c1ccc(-c2ccc3ccc4c(-c5cccc(-c6ccc7c8c(cccc68)-c6ccccc6S7)c5)ccc5ccc2c3c54)cc1. The van der Waals surface area contributed by atoms with E-state index in [0.29, 0.717) is 0 Å². The third kappa shape index (κ3) is 3.68. The van der Waals surface area contributed by atoms with Gasteiger partial charge in [-0.1, -0.05) is 151 Å². The Labute approximate surface area is 265 Å². The summed E-state index contributed by atoms with van der Waals surface area (Å²) in [5, 5.41) is 10.6. The first-order valence-electron chi connectivity index (χ1n) is 15.5. The van der Waals surface area contributed by atoms with Gasteiger partial charge in [-0.15, -0.1) is 0 Å². The highest BCUT2D eigenvalue weighted by molar-refractivity contribution is 7.99. The molecular weight excluding hydrogens is 561 g/mol. The molecule has 1 heterocycles. The molecule has 1 aliphatic heterocycles. The maximum atomic E-state index is 2.38. The predicted octanol–water partition coefficient (Wildman–Crippen LogP) is 12.9. The monoisotopic (exact) mass is 586 g/mol. The van der Waals surface area contributed by atoms with Crippen LogP contribution in [0.15, 0.2) is 168 Å². The molecule has 45 heavy (non-hydrogen) atoms. The molecule has 0 aliphatic carbocycles. The predicted molar refractivity (Wildman–Crippen MR) is 194 cm³/mol. The van der Waals surface area contributed by atoms with Crippen molar-refractivity contribution in [3.8, 4) is 44.5 Å². The van der Waals surface area contributed by atoms with E-state index in [9.17, 15) is 0 Å². The molecule has 9 aromatic carbocycles. The van der Waals surface area contributed by atoms with E-state index in [2.05, 4.69) is 158 Å². The lowest BCUT2D eigenvalue weighted by Gasteiger charge is -2.22. The molecule has 0 fully saturated rings. The molecule has 208 valence electrons. The topological polar surface area (TPSA) is 0 Å². The molecular formula is C44H26S. The summed E-state index contributed by atoms with van der Waals surface area (Å²) in [5.41, 5.74) is 10.2. The quantitative estimate of drug-likeness (QED) is 0.186. The molecule has 0 amide bonds. The summed E-state index contributed by atoms with van der Waals surface area (Å²) in [4.78, 5) is 2.66. The Morgan fingerprint density at radius 3 is 1.56 bits per heavy atom. The highest BCUT2D eigenvalue weighted by Gasteiger charge is 2.21. The van der Waals surface area contributed by atoms with Crippen LogP contribution in [0, 0.1) is 0 Å². The standard InChI is InChI=1S/C44H26S/c1-2-8-27(9-3-1)32-20-16-28-19-23-39-33(21-17-29-18-22-38(32)42(28)43(29)39)30-10-6-11-31(26-30)34-24-25-41-44-36(34)13-7-14-37(44)35-12-4-5-15-40(35)45-41/h1-26H. The van der Waals surface area contributed by atoms with Crippen LogP contribution in [-0.4, -0.2) is 0 Å². The van der Waals surface area contributed by atoms with Gasteiger partial charge in [0.1, 0.15) is 0 Å². The molecule has 0 atom stereocenters. The molecule has 10 rings (SSSR count). The van der Waals surface area contributed by atoms with E-state index in [1.165, 1.54) is 97.4 Å². The van der Waals surface area contributed by atoms with Crippen molar-refractivity contribution in [2.45, 2.75) is 9.79 Å². The summed E-state index contributed by atoms with van der Waals surface area (Å²) in [6, 6.07) is 58.5. The molecule has 1 aliphatic rings. The normalized spacial score (nSPS) is 12.4. The number of hydrogen-bond acceptors (Lipinski definition) is 1. The van der Waals surface area contributed by atoms with Crippen LogP contribution in [0.4, 0.5) is 0 Å². The summed E-state index contributed by atoms with van der Waals surface area (Å²) in [5.74, 6) is 0. The van der Waals surface area contributed by atoms with Crippen molar-refractivity contribution in [3.63, 3.8) is 0 Å². The zero-order valence-electron chi connectivity index (χ0n) is 24.4. The van der Waals surface area contributed by atoms with Crippen LogP contribution in [0.25, 0.3) is 87.6 Å². The van der Waals surface area contributed by atoms with Crippen LogP contribution in [0.3, 0.4) is 0 Å². The second-order valence-corrected chi connectivity index (χ2v) is 13.1. The van der Waals surface area contributed by atoms with Crippen molar-refractivity contribution < 1.29 is 0 Å². The third-order valence-electron chi connectivity index (χ3n) is 9.63. The second kappa shape index (κ2) is 9.56. The maximum absolute atomic E-state index is 2.38. The van der Waals surface area contributed by atoms with Crippen LogP contribution in [0.2, 0.25) is 0 Å². The molecule has 0 bridgehead atoms. The van der Waals surface area contributed by atoms with Crippen LogP contribution in [-0.2, 0) is 0 Å². The van der Waals surface area contributed by atoms with Gasteiger partial charge in [-0.2, -0.15) is 0 Å². The summed E-state index contributed by atoms with van der Waals surface area (Å²) in [7, 11) is 0. The molecule has 1 heteroatoms. The maximum Gasteiger partial charge on any atom is 0.0207 e. The Bertz CT molecular complexity index is 2610. The van der Waals surface area contributed by atoms with E-state index < -0.39 is 0 Å². The van der Waals surface area contributed by atoms with E-state index in [0.717, 1.165) is 0 Å². The molecule has 0 saturated heterocycles. The smallest absolute Gasteiger partial charge is 0.0207 e. The number of fused-ring (bicyclic) bond motifs is 2. The van der Waals surface area contributed by atoms with Gasteiger partial charge in [0.05, 0.1) is 0 Å². The van der Waals surface area contributed by atoms with E-state index >= 15 is 0 Å². The van der Waals surface area contributed by atoms with Gasteiger partial charge in [0.25, 0.3) is 0 Å². The number of rotatable bonds is 3. The summed E-state index contributed by atoms with van der Waals surface area (Å²) >= 11 is 1.88. The molecule has 0 radical (unpaired) electrons. The first-order chi connectivity index (χ1) is 22.3. The van der Waals surface area contributed by atoms with Crippen molar-refractivity contribution in [1.29, 1.82) is 0 Å². The Balaban J connectivity index is 1.17. The zero-order valence-corrected chi connectivity index (χ0v) is 25.2. The van der Waals surface area contributed by atoms with Crippen molar-refractivity contribution in [1.82, 2.24) is 0 Å². The van der Waals surface area contributed by atoms with Crippen LogP contribution < -0.4 is 0 Å². The molecule has 0 nitrogen and oxygen atoms in total. The summed E-state index contributed by atoms with van der Waals surface area (Å²) in [6.45, 7) is 0. The lowest BCUT2D eigenvalue weighted by Crippen LogP contribution is -1.94. The van der Waals surface area contributed by atoms with Gasteiger partial charge in [0.2, 0.25) is 0 Å². The highest BCUT2D eigenvalue weighted by Crippen LogP contribution is 2.50. The lowest BCUT2D eigenvalue weighted by atomic mass is 9.86. The number of benzene rings is 9. The van der Waals surface area contributed by atoms with E-state index in [1.54, 1.807) is 0 Å². The highest BCUT2D eigenvalue weighted by atomic mass is 32.2. The molecule has 0 aromatic heterocycles. The van der Waals surface area contributed by atoms with Crippen molar-refractivity contribution in [3.05, 3.63) is 158 Å². The second-order valence-electron chi connectivity index (χ2n) is 12.0. The lowest BCUT2D eigenvalue weighted by molar-refractivity contribution is 1.40. The Morgan fingerprint density at radius 1 is 0.289 bits per heavy atom. The van der Waals surface area contributed by atoms with Gasteiger partial charge in [0.15, 0.2) is 0 Å². The third-order valence-corrected chi connectivity index (χ3v) is 10.8. The minimum absolute atomic E-state index is 1.24. The van der Waals surface area contributed by atoms with E-state index in [4.69, 9.17) is 0 Å².